The SMILES string of the molecule is CCC[C@@H](CO)C1=CC(C)c2nc(-c3ccc(C(C)C)nc3NC)c(C)cc21. The number of pyridine rings is 2. The molecule has 0 aromatic carbocycles. The number of allylic oxidation sites excluding steroid dienone is 1. The molecule has 4 nitrogen and oxygen atoms in total. The molecule has 0 spiro atoms. The molecular weight excluding hydrogens is 346 g/mol. The first-order valence-corrected chi connectivity index (χ1v) is 10.4. The summed E-state index contributed by atoms with van der Waals surface area (Å²) in [4.78, 5) is 9.90. The van der Waals surface area contributed by atoms with Crippen LogP contribution < -0.4 is 5.32 Å². The Bertz CT molecular complexity index is 886. The summed E-state index contributed by atoms with van der Waals surface area (Å²) in [5, 5.41) is 13.1. The van der Waals surface area contributed by atoms with Crippen LogP contribution in [-0.4, -0.2) is 28.7 Å². The van der Waals surface area contributed by atoms with E-state index in [1.54, 1.807) is 0 Å². The van der Waals surface area contributed by atoms with Crippen LogP contribution in [0.15, 0.2) is 24.3 Å². The van der Waals surface area contributed by atoms with Crippen LogP contribution in [-0.2, 0) is 0 Å². The van der Waals surface area contributed by atoms with Gasteiger partial charge in [-0.1, -0.05) is 40.2 Å². The second kappa shape index (κ2) is 8.44. The molecular formula is C24H33N3O. The lowest BCUT2D eigenvalue weighted by molar-refractivity contribution is 0.250. The lowest BCUT2D eigenvalue weighted by Gasteiger charge is -2.18. The molecule has 0 radical (unpaired) electrons. The molecule has 1 aliphatic rings. The third-order valence-corrected chi connectivity index (χ3v) is 5.71. The van der Waals surface area contributed by atoms with Crippen molar-refractivity contribution in [3.8, 4) is 11.3 Å². The number of anilines is 1. The van der Waals surface area contributed by atoms with Gasteiger partial charge in [0.15, 0.2) is 0 Å². The van der Waals surface area contributed by atoms with Gasteiger partial charge in [0.2, 0.25) is 0 Å². The highest BCUT2D eigenvalue weighted by atomic mass is 16.3. The van der Waals surface area contributed by atoms with Crippen LogP contribution in [0.25, 0.3) is 16.8 Å². The molecule has 2 aromatic rings. The molecule has 3 rings (SSSR count). The van der Waals surface area contributed by atoms with Crippen molar-refractivity contribution >= 4 is 11.4 Å². The highest BCUT2D eigenvalue weighted by Crippen LogP contribution is 2.42. The lowest BCUT2D eigenvalue weighted by Crippen LogP contribution is -2.09. The zero-order valence-electron chi connectivity index (χ0n) is 18.0. The number of aliphatic hydroxyl groups excluding tert-OH is 1. The van der Waals surface area contributed by atoms with Crippen LogP contribution in [0.5, 0.6) is 0 Å². The van der Waals surface area contributed by atoms with Gasteiger partial charge < -0.3 is 10.4 Å². The fourth-order valence-electron chi connectivity index (χ4n) is 4.14. The molecule has 2 heterocycles. The number of aromatic nitrogens is 2. The van der Waals surface area contributed by atoms with Gasteiger partial charge in [0.25, 0.3) is 0 Å². The van der Waals surface area contributed by atoms with Crippen LogP contribution in [0, 0.1) is 12.8 Å². The summed E-state index contributed by atoms with van der Waals surface area (Å²) in [7, 11) is 1.91. The molecule has 0 aliphatic heterocycles. The molecule has 2 atom stereocenters. The molecule has 150 valence electrons. The van der Waals surface area contributed by atoms with Crippen molar-refractivity contribution in [1.82, 2.24) is 9.97 Å². The molecule has 0 bridgehead atoms. The molecule has 2 aromatic heterocycles. The first kappa shape index (κ1) is 20.5. The van der Waals surface area contributed by atoms with E-state index in [0.717, 1.165) is 46.9 Å². The van der Waals surface area contributed by atoms with Crippen LogP contribution in [0.4, 0.5) is 5.82 Å². The number of nitrogens with one attached hydrogen (secondary N) is 1. The van der Waals surface area contributed by atoms with Crippen molar-refractivity contribution in [1.29, 1.82) is 0 Å². The Kier molecular flexibility index (Phi) is 6.19. The van der Waals surface area contributed by atoms with Crippen LogP contribution >= 0.6 is 0 Å². The van der Waals surface area contributed by atoms with Gasteiger partial charge in [-0.05, 0) is 48.6 Å². The molecule has 0 fully saturated rings. The second-order valence-corrected chi connectivity index (χ2v) is 8.20. The highest BCUT2D eigenvalue weighted by molar-refractivity contribution is 5.80. The minimum absolute atomic E-state index is 0.192. The van der Waals surface area contributed by atoms with Crippen LogP contribution in [0.3, 0.4) is 0 Å². The van der Waals surface area contributed by atoms with Gasteiger partial charge in [0.05, 0.1) is 11.4 Å². The summed E-state index contributed by atoms with van der Waals surface area (Å²) >= 11 is 0. The van der Waals surface area contributed by atoms with E-state index in [1.165, 1.54) is 11.1 Å². The van der Waals surface area contributed by atoms with Crippen molar-refractivity contribution in [2.45, 2.75) is 59.3 Å². The number of aliphatic hydroxyl groups is 1. The lowest BCUT2D eigenvalue weighted by atomic mass is 9.90. The van der Waals surface area contributed by atoms with E-state index in [2.05, 4.69) is 64.2 Å². The Balaban J connectivity index is 2.08. The van der Waals surface area contributed by atoms with Crippen molar-refractivity contribution < 1.29 is 5.11 Å². The fourth-order valence-corrected chi connectivity index (χ4v) is 4.14. The van der Waals surface area contributed by atoms with Gasteiger partial charge in [-0.2, -0.15) is 0 Å². The fraction of sp³-hybridized carbons (Fsp3) is 0.500. The van der Waals surface area contributed by atoms with Crippen LogP contribution in [0.2, 0.25) is 0 Å². The largest absolute Gasteiger partial charge is 0.396 e. The van der Waals surface area contributed by atoms with E-state index in [9.17, 15) is 5.11 Å². The van der Waals surface area contributed by atoms with Gasteiger partial charge in [-0.25, -0.2) is 4.98 Å². The first-order valence-electron chi connectivity index (χ1n) is 10.4. The number of nitrogens with zero attached hydrogens (tertiary/aromatic N) is 2. The van der Waals surface area contributed by atoms with E-state index in [4.69, 9.17) is 9.97 Å². The molecule has 1 aliphatic carbocycles. The Morgan fingerprint density at radius 1 is 1.18 bits per heavy atom. The molecule has 28 heavy (non-hydrogen) atoms. The van der Waals surface area contributed by atoms with Crippen molar-refractivity contribution in [3.05, 3.63) is 46.8 Å². The van der Waals surface area contributed by atoms with Crippen molar-refractivity contribution in [3.63, 3.8) is 0 Å². The number of rotatable bonds is 7. The summed E-state index contributed by atoms with van der Waals surface area (Å²) in [6.45, 7) is 11.0. The molecule has 4 heteroatoms. The van der Waals surface area contributed by atoms with Gasteiger partial charge in [0.1, 0.15) is 5.82 Å². The topological polar surface area (TPSA) is 58.0 Å². The monoisotopic (exact) mass is 379 g/mol. The van der Waals surface area contributed by atoms with Crippen molar-refractivity contribution in [2.75, 3.05) is 19.0 Å². The van der Waals surface area contributed by atoms with Gasteiger partial charge in [0, 0.05) is 42.3 Å². The van der Waals surface area contributed by atoms with Gasteiger partial charge >= 0.3 is 0 Å². The van der Waals surface area contributed by atoms with E-state index < -0.39 is 0 Å². The standard InChI is InChI=1S/C24H33N3O/c1-7-8-17(13-28)19-11-15(4)23-20(19)12-16(5)22(27-23)18-9-10-21(14(2)3)26-24(18)25-6/h9-12,14-15,17,28H,7-8,13H2,1-6H3,(H,25,26)/t15?,17-/m0/s1. The molecule has 2 N–H and O–H groups in total. The highest BCUT2D eigenvalue weighted by Gasteiger charge is 2.28. The zero-order valence-corrected chi connectivity index (χ0v) is 18.0. The summed E-state index contributed by atoms with van der Waals surface area (Å²) in [6, 6.07) is 6.49. The number of hydrogen-bond acceptors (Lipinski definition) is 4. The minimum Gasteiger partial charge on any atom is -0.396 e. The number of fused-ring (bicyclic) bond motifs is 1. The Hall–Kier alpha value is -2.20. The Morgan fingerprint density at radius 3 is 2.54 bits per heavy atom. The molecule has 0 saturated carbocycles. The number of hydrogen-bond donors (Lipinski definition) is 2. The summed E-state index contributed by atoms with van der Waals surface area (Å²) in [6.07, 6.45) is 4.35. The average Bonchev–Trinajstić information content (AvgIpc) is 3.00. The van der Waals surface area contributed by atoms with E-state index >= 15 is 0 Å². The van der Waals surface area contributed by atoms with E-state index in [0.29, 0.717) is 5.92 Å². The molecule has 0 saturated heterocycles. The minimum atomic E-state index is 0.192. The zero-order chi connectivity index (χ0) is 20.4. The third-order valence-electron chi connectivity index (χ3n) is 5.71. The van der Waals surface area contributed by atoms with E-state index in [1.807, 2.05) is 7.05 Å². The van der Waals surface area contributed by atoms with Crippen LogP contribution in [0.1, 0.15) is 74.9 Å². The summed E-state index contributed by atoms with van der Waals surface area (Å²) in [5.41, 5.74) is 7.83. The van der Waals surface area contributed by atoms with E-state index in [-0.39, 0.29) is 18.4 Å². The van der Waals surface area contributed by atoms with Crippen molar-refractivity contribution in [2.24, 2.45) is 5.92 Å². The molecule has 0 amide bonds. The second-order valence-electron chi connectivity index (χ2n) is 8.20. The summed E-state index contributed by atoms with van der Waals surface area (Å²) < 4.78 is 0. The maximum absolute atomic E-state index is 9.89. The predicted octanol–water partition coefficient (Wildman–Crippen LogP) is 5.53. The Morgan fingerprint density at radius 2 is 1.93 bits per heavy atom. The summed E-state index contributed by atoms with van der Waals surface area (Å²) in [5.74, 6) is 1.72. The van der Waals surface area contributed by atoms with Gasteiger partial charge in [-0.3, -0.25) is 4.98 Å². The first-order chi connectivity index (χ1) is 13.4. The smallest absolute Gasteiger partial charge is 0.135 e. The normalized spacial score (nSPS) is 16.9. The maximum Gasteiger partial charge on any atom is 0.135 e. The Labute approximate surface area is 169 Å². The maximum atomic E-state index is 9.89. The van der Waals surface area contributed by atoms with Gasteiger partial charge in [-0.15, -0.1) is 0 Å². The molecule has 1 unspecified atom stereocenters. The predicted molar refractivity (Wildman–Crippen MR) is 118 cm³/mol. The quantitative estimate of drug-likeness (QED) is 0.664. The average molecular weight is 380 g/mol. The number of aryl methyl sites for hydroxylation is 1. The third kappa shape index (κ3) is 3.70.